The van der Waals surface area contributed by atoms with Crippen molar-refractivity contribution in [3.63, 3.8) is 0 Å². The van der Waals surface area contributed by atoms with E-state index >= 15 is 0 Å². The zero-order chi connectivity index (χ0) is 22.0. The molecule has 0 radical (unpaired) electrons. The molecule has 0 bridgehead atoms. The van der Waals surface area contributed by atoms with Crippen LogP contribution in [-0.4, -0.2) is 16.4 Å². The minimum atomic E-state index is -0.272. The maximum Gasteiger partial charge on any atom is 0.253 e. The summed E-state index contributed by atoms with van der Waals surface area (Å²) >= 11 is 6.21. The Labute approximate surface area is 184 Å². The molecule has 0 saturated heterocycles. The van der Waals surface area contributed by atoms with E-state index in [2.05, 4.69) is 10.6 Å². The summed E-state index contributed by atoms with van der Waals surface area (Å²) in [7, 11) is 0. The molecule has 4 rings (SSSR count). The van der Waals surface area contributed by atoms with E-state index in [1.165, 1.54) is 16.7 Å². The maximum absolute atomic E-state index is 12.8. The summed E-state index contributed by atoms with van der Waals surface area (Å²) in [6.45, 7) is 2.19. The van der Waals surface area contributed by atoms with Crippen molar-refractivity contribution >= 4 is 29.1 Å². The Morgan fingerprint density at radius 1 is 1.13 bits per heavy atom. The lowest BCUT2D eigenvalue weighted by Crippen LogP contribution is -2.29. The summed E-state index contributed by atoms with van der Waals surface area (Å²) in [4.78, 5) is 36.6. The number of hydrogen-bond donors (Lipinski definition) is 2. The SMILES string of the molecule is CC(NC(=O)c1ccc(=O)n(Cc2ccccc2Cl)c1)c1ccc2c(c1)CCC(=O)N2. The molecule has 2 N–H and O–H groups in total. The third kappa shape index (κ3) is 4.70. The number of carbonyl (C=O) groups is 2. The highest BCUT2D eigenvalue weighted by Crippen LogP contribution is 2.26. The smallest absolute Gasteiger partial charge is 0.253 e. The van der Waals surface area contributed by atoms with E-state index in [4.69, 9.17) is 11.6 Å². The Balaban J connectivity index is 1.50. The van der Waals surface area contributed by atoms with Gasteiger partial charge in [-0.05, 0) is 48.2 Å². The van der Waals surface area contributed by atoms with Gasteiger partial charge < -0.3 is 15.2 Å². The predicted octanol–water partition coefficient (Wildman–Crippen LogP) is 3.93. The molecular weight excluding hydrogens is 414 g/mol. The van der Waals surface area contributed by atoms with Crippen molar-refractivity contribution in [2.24, 2.45) is 0 Å². The second kappa shape index (κ2) is 8.78. The molecule has 1 atom stereocenters. The third-order valence-corrected chi connectivity index (χ3v) is 5.79. The van der Waals surface area contributed by atoms with Crippen molar-refractivity contribution in [3.8, 4) is 0 Å². The van der Waals surface area contributed by atoms with Gasteiger partial charge >= 0.3 is 0 Å². The molecule has 0 saturated carbocycles. The molecule has 0 fully saturated rings. The van der Waals surface area contributed by atoms with Crippen molar-refractivity contribution in [1.29, 1.82) is 0 Å². The zero-order valence-electron chi connectivity index (χ0n) is 17.0. The van der Waals surface area contributed by atoms with Gasteiger partial charge in [-0.25, -0.2) is 0 Å². The molecule has 1 unspecified atom stereocenters. The second-order valence-electron chi connectivity index (χ2n) is 7.64. The number of aromatic nitrogens is 1. The molecule has 1 aromatic heterocycles. The number of benzene rings is 2. The Kier molecular flexibility index (Phi) is 5.91. The van der Waals surface area contributed by atoms with Crippen molar-refractivity contribution in [2.45, 2.75) is 32.4 Å². The third-order valence-electron chi connectivity index (χ3n) is 5.42. The summed E-state index contributed by atoms with van der Waals surface area (Å²) in [6, 6.07) is 15.8. The topological polar surface area (TPSA) is 80.2 Å². The average Bonchev–Trinajstić information content (AvgIpc) is 2.76. The lowest BCUT2D eigenvalue weighted by atomic mass is 9.97. The van der Waals surface area contributed by atoms with Crippen LogP contribution in [0.2, 0.25) is 5.02 Å². The number of carbonyl (C=O) groups excluding carboxylic acids is 2. The monoisotopic (exact) mass is 435 g/mol. The number of aryl methyl sites for hydroxylation is 1. The molecule has 0 spiro atoms. The van der Waals surface area contributed by atoms with Gasteiger partial charge in [-0.1, -0.05) is 41.9 Å². The minimum Gasteiger partial charge on any atom is -0.345 e. The van der Waals surface area contributed by atoms with Gasteiger partial charge in [-0.15, -0.1) is 0 Å². The largest absolute Gasteiger partial charge is 0.345 e. The first kappa shape index (κ1) is 20.9. The molecular formula is C24H22ClN3O3. The van der Waals surface area contributed by atoms with Crippen LogP contribution in [0.3, 0.4) is 0 Å². The molecule has 2 amide bonds. The number of rotatable bonds is 5. The Bertz CT molecular complexity index is 1220. The van der Waals surface area contributed by atoms with E-state index < -0.39 is 0 Å². The molecule has 31 heavy (non-hydrogen) atoms. The summed E-state index contributed by atoms with van der Waals surface area (Å²) in [5, 5.41) is 6.41. The van der Waals surface area contributed by atoms with Crippen molar-refractivity contribution < 1.29 is 9.59 Å². The summed E-state index contributed by atoms with van der Waals surface area (Å²) in [6.07, 6.45) is 2.70. The van der Waals surface area contributed by atoms with Gasteiger partial charge in [0, 0.05) is 29.4 Å². The minimum absolute atomic E-state index is 0.0218. The van der Waals surface area contributed by atoms with Crippen LogP contribution in [0.5, 0.6) is 0 Å². The Hall–Kier alpha value is -3.38. The average molecular weight is 436 g/mol. The first-order valence-electron chi connectivity index (χ1n) is 10.1. The van der Waals surface area contributed by atoms with Crippen molar-refractivity contribution in [2.75, 3.05) is 5.32 Å². The number of nitrogens with zero attached hydrogens (tertiary/aromatic N) is 1. The highest BCUT2D eigenvalue weighted by molar-refractivity contribution is 6.31. The predicted molar refractivity (Wildman–Crippen MR) is 121 cm³/mol. The molecule has 1 aliphatic heterocycles. The first-order chi connectivity index (χ1) is 14.9. The zero-order valence-corrected chi connectivity index (χ0v) is 17.8. The van der Waals surface area contributed by atoms with E-state index in [0.717, 1.165) is 22.4 Å². The van der Waals surface area contributed by atoms with Crippen LogP contribution in [0.1, 0.15) is 46.4 Å². The van der Waals surface area contributed by atoms with Gasteiger partial charge in [0.2, 0.25) is 5.91 Å². The number of halogens is 1. The molecule has 2 heterocycles. The fourth-order valence-corrected chi connectivity index (χ4v) is 3.83. The van der Waals surface area contributed by atoms with E-state index in [-0.39, 0.29) is 30.0 Å². The Morgan fingerprint density at radius 2 is 1.94 bits per heavy atom. The summed E-state index contributed by atoms with van der Waals surface area (Å²) in [5.74, 6) is -0.250. The van der Waals surface area contributed by atoms with Crippen LogP contribution in [-0.2, 0) is 17.8 Å². The number of amides is 2. The highest BCUT2D eigenvalue weighted by Gasteiger charge is 2.18. The molecule has 1 aliphatic rings. The van der Waals surface area contributed by atoms with Crippen LogP contribution in [0, 0.1) is 0 Å². The van der Waals surface area contributed by atoms with E-state index in [9.17, 15) is 14.4 Å². The van der Waals surface area contributed by atoms with Crippen molar-refractivity contribution in [3.05, 3.63) is 98.4 Å². The van der Waals surface area contributed by atoms with E-state index in [0.29, 0.717) is 23.4 Å². The standard InChI is InChI=1S/C24H22ClN3O3/c1-15(16-6-9-21-17(12-16)7-10-22(29)27-21)26-24(31)19-8-11-23(30)28(14-19)13-18-4-2-3-5-20(18)25/h2-6,8-9,11-12,14-15H,7,10,13H2,1H3,(H,26,31)(H,27,29). The van der Waals surface area contributed by atoms with Crippen LogP contribution in [0.25, 0.3) is 0 Å². The second-order valence-corrected chi connectivity index (χ2v) is 8.04. The van der Waals surface area contributed by atoms with Crippen LogP contribution in [0.15, 0.2) is 65.6 Å². The van der Waals surface area contributed by atoms with Gasteiger partial charge in [0.25, 0.3) is 11.5 Å². The first-order valence-corrected chi connectivity index (χ1v) is 10.5. The summed E-state index contributed by atoms with van der Waals surface area (Å²) < 4.78 is 1.47. The van der Waals surface area contributed by atoms with E-state index in [1.54, 1.807) is 12.3 Å². The number of fused-ring (bicyclic) bond motifs is 1. The van der Waals surface area contributed by atoms with Gasteiger partial charge in [0.1, 0.15) is 0 Å². The number of nitrogens with one attached hydrogen (secondary N) is 2. The quantitative estimate of drug-likeness (QED) is 0.637. The van der Waals surface area contributed by atoms with Gasteiger partial charge in [-0.3, -0.25) is 14.4 Å². The van der Waals surface area contributed by atoms with Gasteiger partial charge in [-0.2, -0.15) is 0 Å². The van der Waals surface area contributed by atoms with E-state index in [1.807, 2.05) is 43.3 Å². The maximum atomic E-state index is 12.8. The van der Waals surface area contributed by atoms with Gasteiger partial charge in [0.05, 0.1) is 18.2 Å². The summed E-state index contributed by atoms with van der Waals surface area (Å²) in [5.41, 5.74) is 3.83. The molecule has 158 valence electrons. The Morgan fingerprint density at radius 3 is 2.74 bits per heavy atom. The normalized spacial score (nSPS) is 13.8. The number of pyridine rings is 1. The molecule has 0 aliphatic carbocycles. The lowest BCUT2D eigenvalue weighted by Gasteiger charge is -2.20. The molecule has 7 heteroatoms. The fourth-order valence-electron chi connectivity index (χ4n) is 3.64. The molecule has 3 aromatic rings. The van der Waals surface area contributed by atoms with Crippen LogP contribution >= 0.6 is 11.6 Å². The molecule has 6 nitrogen and oxygen atoms in total. The van der Waals surface area contributed by atoms with Crippen LogP contribution < -0.4 is 16.2 Å². The number of hydrogen-bond acceptors (Lipinski definition) is 3. The lowest BCUT2D eigenvalue weighted by molar-refractivity contribution is -0.116. The number of anilines is 1. The van der Waals surface area contributed by atoms with Gasteiger partial charge in [0.15, 0.2) is 0 Å². The molecule has 2 aromatic carbocycles. The van der Waals surface area contributed by atoms with Crippen molar-refractivity contribution in [1.82, 2.24) is 9.88 Å². The van der Waals surface area contributed by atoms with Crippen LogP contribution in [0.4, 0.5) is 5.69 Å². The highest BCUT2D eigenvalue weighted by atomic mass is 35.5. The fraction of sp³-hybridized carbons (Fsp3) is 0.208.